The van der Waals surface area contributed by atoms with Gasteiger partial charge in [0.2, 0.25) is 5.22 Å². The molecule has 4 heteroatoms. The van der Waals surface area contributed by atoms with E-state index in [0.29, 0.717) is 9.82 Å². The molecule has 1 aromatic rings. The summed E-state index contributed by atoms with van der Waals surface area (Å²) in [6.07, 6.45) is 0. The number of aromatic nitrogens is 1. The van der Waals surface area contributed by atoms with Crippen molar-refractivity contribution >= 4 is 27.5 Å². The van der Waals surface area contributed by atoms with Gasteiger partial charge in [-0.15, -0.1) is 0 Å². The first-order chi connectivity index (χ1) is 3.29. The Kier molecular flexibility index (Phi) is 1.35. The lowest BCUT2D eigenvalue weighted by Crippen LogP contribution is -1.50. The van der Waals surface area contributed by atoms with Gasteiger partial charge in [0.25, 0.3) is 0 Å². The maximum atomic E-state index is 5.30. The van der Waals surface area contributed by atoms with Crippen LogP contribution < -0.4 is 0 Å². The molecule has 0 aliphatic carbocycles. The second-order valence-corrected chi connectivity index (χ2v) is 2.14. The molecular weight excluding hydrogens is 181 g/mol. The SMILES string of the molecule is Clc1cc(Br)no1. The minimum absolute atomic E-state index is 0.298. The predicted octanol–water partition coefficient (Wildman–Crippen LogP) is 2.09. The average Bonchev–Trinajstić information content (AvgIpc) is 1.87. The van der Waals surface area contributed by atoms with Crippen LogP contribution >= 0.6 is 27.5 Å². The summed E-state index contributed by atoms with van der Waals surface area (Å²) in [5.74, 6) is 0. The number of rotatable bonds is 0. The number of halogens is 2. The van der Waals surface area contributed by atoms with E-state index in [9.17, 15) is 0 Å². The summed E-state index contributed by atoms with van der Waals surface area (Å²) in [5, 5.41) is 3.72. The summed E-state index contributed by atoms with van der Waals surface area (Å²) >= 11 is 8.34. The van der Waals surface area contributed by atoms with Crippen molar-refractivity contribution in [3.63, 3.8) is 0 Å². The van der Waals surface area contributed by atoms with Crippen molar-refractivity contribution in [1.82, 2.24) is 5.16 Å². The van der Waals surface area contributed by atoms with Crippen LogP contribution in [-0.4, -0.2) is 5.16 Å². The van der Waals surface area contributed by atoms with E-state index in [1.54, 1.807) is 6.07 Å². The molecule has 0 saturated heterocycles. The van der Waals surface area contributed by atoms with Gasteiger partial charge in [-0.25, -0.2) is 0 Å². The summed E-state index contributed by atoms with van der Waals surface area (Å²) in [6.45, 7) is 0. The van der Waals surface area contributed by atoms with E-state index in [2.05, 4.69) is 25.6 Å². The lowest BCUT2D eigenvalue weighted by Gasteiger charge is -1.61. The van der Waals surface area contributed by atoms with Crippen molar-refractivity contribution in [2.45, 2.75) is 0 Å². The van der Waals surface area contributed by atoms with Crippen LogP contribution in [0.15, 0.2) is 15.2 Å². The van der Waals surface area contributed by atoms with E-state index in [1.165, 1.54) is 0 Å². The lowest BCUT2D eigenvalue weighted by atomic mass is 10.8. The largest absolute Gasteiger partial charge is 0.343 e. The van der Waals surface area contributed by atoms with Gasteiger partial charge in [0.05, 0.1) is 0 Å². The number of hydrogen-bond acceptors (Lipinski definition) is 2. The first-order valence-electron chi connectivity index (χ1n) is 1.57. The van der Waals surface area contributed by atoms with Crippen LogP contribution in [0.5, 0.6) is 0 Å². The Morgan fingerprint density at radius 3 is 2.71 bits per heavy atom. The molecule has 0 radical (unpaired) electrons. The highest BCUT2D eigenvalue weighted by molar-refractivity contribution is 9.10. The van der Waals surface area contributed by atoms with E-state index in [0.717, 1.165) is 0 Å². The normalized spacial score (nSPS) is 9.43. The molecule has 0 amide bonds. The highest BCUT2D eigenvalue weighted by atomic mass is 79.9. The van der Waals surface area contributed by atoms with Gasteiger partial charge in [0.1, 0.15) is 0 Å². The van der Waals surface area contributed by atoms with Gasteiger partial charge >= 0.3 is 0 Å². The van der Waals surface area contributed by atoms with Crippen molar-refractivity contribution in [3.8, 4) is 0 Å². The lowest BCUT2D eigenvalue weighted by molar-refractivity contribution is 0.417. The Hall–Kier alpha value is -0.0200. The van der Waals surface area contributed by atoms with Crippen LogP contribution in [0.4, 0.5) is 0 Å². The molecule has 7 heavy (non-hydrogen) atoms. The predicted molar refractivity (Wildman–Crippen MR) is 29.2 cm³/mol. The van der Waals surface area contributed by atoms with Gasteiger partial charge < -0.3 is 4.52 Å². The molecule has 2 nitrogen and oxygen atoms in total. The molecule has 1 aromatic heterocycles. The summed E-state index contributed by atoms with van der Waals surface area (Å²) in [7, 11) is 0. The molecule has 0 aromatic carbocycles. The highest BCUT2D eigenvalue weighted by Gasteiger charge is 1.92. The quantitative estimate of drug-likeness (QED) is 0.614. The Labute approximate surface area is 53.6 Å². The third-order valence-corrected chi connectivity index (χ3v) is 1.00. The van der Waals surface area contributed by atoms with Crippen LogP contribution in [0.3, 0.4) is 0 Å². The van der Waals surface area contributed by atoms with Gasteiger partial charge in [-0.2, -0.15) is 0 Å². The zero-order valence-corrected chi connectivity index (χ0v) is 5.53. The summed E-state index contributed by atoms with van der Waals surface area (Å²) in [5.41, 5.74) is 0. The number of hydrogen-bond donors (Lipinski definition) is 0. The van der Waals surface area contributed by atoms with E-state index in [1.807, 2.05) is 0 Å². The first kappa shape index (κ1) is 5.12. The molecule has 0 aliphatic rings. The zero-order chi connectivity index (χ0) is 5.28. The van der Waals surface area contributed by atoms with Gasteiger partial charge in [0, 0.05) is 6.07 Å². The Morgan fingerprint density at radius 2 is 2.57 bits per heavy atom. The minimum atomic E-state index is 0.298. The molecule has 1 rings (SSSR count). The Balaban J connectivity index is 3.04. The van der Waals surface area contributed by atoms with Gasteiger partial charge in [-0.3, -0.25) is 0 Å². The summed E-state index contributed by atoms with van der Waals surface area (Å²) in [4.78, 5) is 0. The van der Waals surface area contributed by atoms with Crippen LogP contribution in [-0.2, 0) is 0 Å². The highest BCUT2D eigenvalue weighted by Crippen LogP contribution is 2.13. The molecule has 0 spiro atoms. The van der Waals surface area contributed by atoms with Gasteiger partial charge in [0.15, 0.2) is 4.60 Å². The van der Waals surface area contributed by atoms with Crippen LogP contribution in [0.2, 0.25) is 5.22 Å². The smallest absolute Gasteiger partial charge is 0.227 e. The fourth-order valence-electron chi connectivity index (χ4n) is 0.234. The van der Waals surface area contributed by atoms with Crippen molar-refractivity contribution in [3.05, 3.63) is 15.9 Å². The van der Waals surface area contributed by atoms with Crippen molar-refractivity contribution in [1.29, 1.82) is 0 Å². The molecule has 0 bridgehead atoms. The van der Waals surface area contributed by atoms with Crippen molar-refractivity contribution in [2.24, 2.45) is 0 Å². The maximum Gasteiger partial charge on any atom is 0.227 e. The molecule has 0 saturated carbocycles. The second-order valence-electron chi connectivity index (χ2n) is 0.954. The fraction of sp³-hybridized carbons (Fsp3) is 0. The van der Waals surface area contributed by atoms with Crippen molar-refractivity contribution < 1.29 is 4.52 Å². The maximum absolute atomic E-state index is 5.30. The topological polar surface area (TPSA) is 26.0 Å². The van der Waals surface area contributed by atoms with E-state index in [-0.39, 0.29) is 0 Å². The molecule has 0 unspecified atom stereocenters. The zero-order valence-electron chi connectivity index (χ0n) is 3.19. The molecule has 0 atom stereocenters. The van der Waals surface area contributed by atoms with Gasteiger partial charge in [-0.05, 0) is 27.5 Å². The van der Waals surface area contributed by atoms with Gasteiger partial charge in [-0.1, -0.05) is 5.16 Å². The average molecular weight is 182 g/mol. The van der Waals surface area contributed by atoms with E-state index in [4.69, 9.17) is 11.6 Å². The molecule has 0 aliphatic heterocycles. The van der Waals surface area contributed by atoms with Crippen LogP contribution in [0, 0.1) is 0 Å². The Morgan fingerprint density at radius 1 is 1.86 bits per heavy atom. The third-order valence-electron chi connectivity index (χ3n) is 0.453. The third kappa shape index (κ3) is 1.17. The minimum Gasteiger partial charge on any atom is -0.343 e. The van der Waals surface area contributed by atoms with Crippen LogP contribution in [0.25, 0.3) is 0 Å². The molecule has 0 N–H and O–H groups in total. The summed E-state index contributed by atoms with van der Waals surface area (Å²) in [6, 6.07) is 1.57. The molecule has 38 valence electrons. The molecule has 1 heterocycles. The second kappa shape index (κ2) is 1.84. The fourth-order valence-corrected chi connectivity index (χ4v) is 0.784. The summed E-state index contributed by atoms with van der Waals surface area (Å²) < 4.78 is 5.06. The number of nitrogens with zero attached hydrogens (tertiary/aromatic N) is 1. The van der Waals surface area contributed by atoms with Crippen molar-refractivity contribution in [2.75, 3.05) is 0 Å². The van der Waals surface area contributed by atoms with E-state index < -0.39 is 0 Å². The molecule has 0 fully saturated rings. The Bertz CT molecular complexity index is 147. The molecular formula is C3HBrClNO. The standard InChI is InChI=1S/C3HBrClNO/c4-2-1-3(5)7-6-2/h1H. The van der Waals surface area contributed by atoms with E-state index >= 15 is 0 Å². The van der Waals surface area contributed by atoms with Crippen LogP contribution in [0.1, 0.15) is 0 Å². The first-order valence-corrected chi connectivity index (χ1v) is 2.74. The monoisotopic (exact) mass is 181 g/mol.